The number of sulfonamides is 1. The van der Waals surface area contributed by atoms with Crippen LogP contribution in [0.4, 0.5) is 4.39 Å². The molecule has 0 saturated carbocycles. The van der Waals surface area contributed by atoms with Gasteiger partial charge < -0.3 is 4.74 Å². The molecular formula is C15H16FNO3S. The van der Waals surface area contributed by atoms with Gasteiger partial charge in [-0.2, -0.15) is 0 Å². The van der Waals surface area contributed by atoms with E-state index in [1.54, 1.807) is 18.2 Å². The first-order valence-electron chi connectivity index (χ1n) is 6.51. The molecular weight excluding hydrogens is 293 g/mol. The zero-order valence-electron chi connectivity index (χ0n) is 11.3. The Kier molecular flexibility index (Phi) is 5.30. The number of benzene rings is 2. The lowest BCUT2D eigenvalue weighted by Crippen LogP contribution is -2.25. The average Bonchev–Trinajstić information content (AvgIpc) is 2.50. The van der Waals surface area contributed by atoms with Gasteiger partial charge in [-0.15, -0.1) is 0 Å². The van der Waals surface area contributed by atoms with Crippen LogP contribution in [0.3, 0.4) is 0 Å². The molecule has 0 aliphatic rings. The van der Waals surface area contributed by atoms with Crippen LogP contribution in [0.5, 0.6) is 5.75 Å². The second-order valence-electron chi connectivity index (χ2n) is 4.37. The van der Waals surface area contributed by atoms with Crippen LogP contribution >= 0.6 is 0 Å². The van der Waals surface area contributed by atoms with Gasteiger partial charge in [0, 0.05) is 6.54 Å². The monoisotopic (exact) mass is 309 g/mol. The fraction of sp³-hybridized carbons (Fsp3) is 0.200. The van der Waals surface area contributed by atoms with Crippen molar-refractivity contribution in [3.05, 3.63) is 60.4 Å². The maximum absolute atomic E-state index is 12.7. The molecule has 0 fully saturated rings. The summed E-state index contributed by atoms with van der Waals surface area (Å²) in [4.78, 5) is 0.240. The molecule has 0 saturated heterocycles. The van der Waals surface area contributed by atoms with Crippen molar-refractivity contribution in [2.45, 2.75) is 11.3 Å². The number of halogens is 1. The van der Waals surface area contributed by atoms with Gasteiger partial charge in [0.1, 0.15) is 11.6 Å². The molecule has 2 rings (SSSR count). The van der Waals surface area contributed by atoms with Crippen LogP contribution in [0.25, 0.3) is 0 Å². The molecule has 0 radical (unpaired) electrons. The maximum Gasteiger partial charge on any atom is 0.240 e. The van der Waals surface area contributed by atoms with Crippen molar-refractivity contribution in [2.75, 3.05) is 13.2 Å². The normalized spacial score (nSPS) is 11.3. The summed E-state index contributed by atoms with van der Waals surface area (Å²) in [6.45, 7) is 0.626. The van der Waals surface area contributed by atoms with Crippen LogP contribution in [0.1, 0.15) is 6.42 Å². The lowest BCUT2D eigenvalue weighted by Gasteiger charge is -2.08. The van der Waals surface area contributed by atoms with Gasteiger partial charge in [-0.1, -0.05) is 18.2 Å². The lowest BCUT2D eigenvalue weighted by molar-refractivity contribution is 0.311. The Morgan fingerprint density at radius 3 is 2.33 bits per heavy atom. The topological polar surface area (TPSA) is 55.4 Å². The van der Waals surface area contributed by atoms with Crippen LogP contribution in [0.2, 0.25) is 0 Å². The van der Waals surface area contributed by atoms with E-state index in [0.29, 0.717) is 18.8 Å². The minimum atomic E-state index is -3.47. The first-order valence-corrected chi connectivity index (χ1v) is 7.99. The van der Waals surface area contributed by atoms with Crippen molar-refractivity contribution >= 4 is 10.0 Å². The highest BCUT2D eigenvalue weighted by Crippen LogP contribution is 2.11. The summed E-state index contributed by atoms with van der Waals surface area (Å²) in [5, 5.41) is 0. The fourth-order valence-corrected chi connectivity index (χ4v) is 2.78. The van der Waals surface area contributed by atoms with Crippen LogP contribution in [-0.2, 0) is 10.0 Å². The Morgan fingerprint density at radius 1 is 1.00 bits per heavy atom. The highest BCUT2D eigenvalue weighted by Gasteiger charge is 2.11. The Bertz CT molecular complexity index is 657. The second kappa shape index (κ2) is 7.19. The highest BCUT2D eigenvalue weighted by molar-refractivity contribution is 7.89. The fourth-order valence-electron chi connectivity index (χ4n) is 1.68. The summed E-state index contributed by atoms with van der Waals surface area (Å²) >= 11 is 0. The minimum absolute atomic E-state index is 0.240. The molecule has 0 aliphatic carbocycles. The number of nitrogens with one attached hydrogen (secondary N) is 1. The van der Waals surface area contributed by atoms with Gasteiger partial charge in [-0.05, 0) is 42.8 Å². The third kappa shape index (κ3) is 4.84. The van der Waals surface area contributed by atoms with Gasteiger partial charge in [-0.3, -0.25) is 0 Å². The molecule has 1 N–H and O–H groups in total. The van der Waals surface area contributed by atoms with Crippen molar-refractivity contribution in [1.82, 2.24) is 4.72 Å². The van der Waals surface area contributed by atoms with E-state index in [4.69, 9.17) is 4.74 Å². The summed E-state index contributed by atoms with van der Waals surface area (Å²) in [6.07, 6.45) is 0.517. The Balaban J connectivity index is 1.73. The molecule has 0 heterocycles. The predicted octanol–water partition coefficient (Wildman–Crippen LogP) is 2.57. The van der Waals surface area contributed by atoms with Crippen LogP contribution in [0.15, 0.2) is 59.5 Å². The summed E-state index contributed by atoms with van der Waals surface area (Å²) in [5.74, 6) is 0.236. The van der Waals surface area contributed by atoms with E-state index in [-0.39, 0.29) is 17.3 Å². The summed E-state index contributed by atoms with van der Waals surface area (Å²) in [7, 11) is -3.47. The van der Waals surface area contributed by atoms with Crippen LogP contribution in [0, 0.1) is 5.82 Å². The SMILES string of the molecule is O=S(=O)(NCCCOc1ccc(F)cc1)c1ccccc1. The standard InChI is InChI=1S/C15H16FNO3S/c16-13-7-9-14(10-8-13)20-12-4-11-17-21(18,19)15-5-2-1-3-6-15/h1-3,5-10,17H,4,11-12H2. The van der Waals surface area contributed by atoms with Gasteiger partial charge in [0.05, 0.1) is 11.5 Å². The quantitative estimate of drug-likeness (QED) is 0.800. The second-order valence-corrected chi connectivity index (χ2v) is 6.13. The summed E-state index contributed by atoms with van der Waals surface area (Å²) in [5.41, 5.74) is 0. The third-order valence-corrected chi connectivity index (χ3v) is 4.23. The zero-order valence-corrected chi connectivity index (χ0v) is 12.1. The van der Waals surface area contributed by atoms with E-state index in [1.807, 2.05) is 0 Å². The van der Waals surface area contributed by atoms with Gasteiger partial charge in [-0.25, -0.2) is 17.5 Å². The van der Waals surface area contributed by atoms with Crippen LogP contribution in [-0.4, -0.2) is 21.6 Å². The minimum Gasteiger partial charge on any atom is -0.494 e. The molecule has 0 aromatic heterocycles. The highest BCUT2D eigenvalue weighted by atomic mass is 32.2. The molecule has 0 spiro atoms. The third-order valence-electron chi connectivity index (χ3n) is 2.75. The molecule has 2 aromatic carbocycles. The maximum atomic E-state index is 12.7. The van der Waals surface area contributed by atoms with Crippen molar-refractivity contribution in [2.24, 2.45) is 0 Å². The van der Waals surface area contributed by atoms with Crippen molar-refractivity contribution in [1.29, 1.82) is 0 Å². The number of ether oxygens (including phenoxy) is 1. The summed E-state index contributed by atoms with van der Waals surface area (Å²) < 4.78 is 44.4. The lowest BCUT2D eigenvalue weighted by atomic mass is 10.3. The Morgan fingerprint density at radius 2 is 1.67 bits per heavy atom. The van der Waals surface area contributed by atoms with E-state index in [1.165, 1.54) is 36.4 Å². The first-order chi connectivity index (χ1) is 10.1. The molecule has 0 bridgehead atoms. The molecule has 0 atom stereocenters. The van der Waals surface area contributed by atoms with E-state index in [9.17, 15) is 12.8 Å². The predicted molar refractivity (Wildman–Crippen MR) is 78.1 cm³/mol. The van der Waals surface area contributed by atoms with E-state index < -0.39 is 10.0 Å². The molecule has 6 heteroatoms. The smallest absolute Gasteiger partial charge is 0.240 e. The van der Waals surface area contributed by atoms with E-state index in [2.05, 4.69) is 4.72 Å². The van der Waals surface area contributed by atoms with Crippen molar-refractivity contribution < 1.29 is 17.5 Å². The van der Waals surface area contributed by atoms with Crippen molar-refractivity contribution in [3.8, 4) is 5.75 Å². The Hall–Kier alpha value is -1.92. The van der Waals surface area contributed by atoms with Gasteiger partial charge in [0.25, 0.3) is 0 Å². The molecule has 0 aliphatic heterocycles. The number of rotatable bonds is 7. The number of hydrogen-bond donors (Lipinski definition) is 1. The molecule has 0 unspecified atom stereocenters. The number of hydrogen-bond acceptors (Lipinski definition) is 3. The molecule has 2 aromatic rings. The van der Waals surface area contributed by atoms with Gasteiger partial charge in [0.15, 0.2) is 0 Å². The van der Waals surface area contributed by atoms with E-state index in [0.717, 1.165) is 0 Å². The van der Waals surface area contributed by atoms with E-state index >= 15 is 0 Å². The van der Waals surface area contributed by atoms with Crippen LogP contribution < -0.4 is 9.46 Å². The Labute approximate surface area is 123 Å². The summed E-state index contributed by atoms with van der Waals surface area (Å²) in [6, 6.07) is 13.9. The zero-order chi connectivity index (χ0) is 15.1. The molecule has 112 valence electrons. The average molecular weight is 309 g/mol. The first kappa shape index (κ1) is 15.5. The molecule has 0 amide bonds. The van der Waals surface area contributed by atoms with Crippen molar-refractivity contribution in [3.63, 3.8) is 0 Å². The van der Waals surface area contributed by atoms with Gasteiger partial charge in [0.2, 0.25) is 10.0 Å². The molecule has 4 nitrogen and oxygen atoms in total. The largest absolute Gasteiger partial charge is 0.494 e. The molecule has 21 heavy (non-hydrogen) atoms. The van der Waals surface area contributed by atoms with Gasteiger partial charge >= 0.3 is 0 Å².